The molecule has 0 spiro atoms. The van der Waals surface area contributed by atoms with Crippen LogP contribution in [0.1, 0.15) is 44.3 Å². The van der Waals surface area contributed by atoms with E-state index < -0.39 is 0 Å². The molecule has 0 aliphatic heterocycles. The molecule has 0 radical (unpaired) electrons. The van der Waals surface area contributed by atoms with Gasteiger partial charge in [-0.3, -0.25) is 0 Å². The molecule has 20 heavy (non-hydrogen) atoms. The Morgan fingerprint density at radius 1 is 1.45 bits per heavy atom. The van der Waals surface area contributed by atoms with Crippen molar-refractivity contribution < 1.29 is 0 Å². The zero-order valence-corrected chi connectivity index (χ0v) is 13.8. The van der Waals surface area contributed by atoms with Crippen molar-refractivity contribution in [2.24, 2.45) is 11.8 Å². The van der Waals surface area contributed by atoms with Crippen LogP contribution in [0.3, 0.4) is 0 Å². The van der Waals surface area contributed by atoms with Gasteiger partial charge in [0.25, 0.3) is 0 Å². The fourth-order valence-corrected chi connectivity index (χ4v) is 3.16. The number of rotatable bonds is 7. The van der Waals surface area contributed by atoms with Crippen LogP contribution in [0.15, 0.2) is 6.20 Å². The van der Waals surface area contributed by atoms with Crippen LogP contribution in [-0.2, 0) is 18.6 Å². The van der Waals surface area contributed by atoms with Gasteiger partial charge in [0, 0.05) is 11.9 Å². The standard InChI is InChI=1S/C16H27N3S/c1-4-20-11-16-18-10-14-7-13(5-6-15(14)19-16)9-17-8-12(2)3/h10,12-13,17H,4-9,11H2,1-3H3. The molecular formula is C16H27N3S. The van der Waals surface area contributed by atoms with Crippen LogP contribution < -0.4 is 5.32 Å². The van der Waals surface area contributed by atoms with Gasteiger partial charge in [-0.05, 0) is 55.5 Å². The lowest BCUT2D eigenvalue weighted by atomic mass is 9.87. The van der Waals surface area contributed by atoms with E-state index in [1.165, 1.54) is 17.7 Å². The maximum Gasteiger partial charge on any atom is 0.138 e. The summed E-state index contributed by atoms with van der Waals surface area (Å²) >= 11 is 1.89. The van der Waals surface area contributed by atoms with Crippen LogP contribution >= 0.6 is 11.8 Å². The molecular weight excluding hydrogens is 266 g/mol. The lowest BCUT2D eigenvalue weighted by Gasteiger charge is -2.24. The molecule has 1 aromatic rings. The molecule has 1 aromatic heterocycles. The monoisotopic (exact) mass is 293 g/mol. The van der Waals surface area contributed by atoms with Crippen molar-refractivity contribution in [3.63, 3.8) is 0 Å². The molecule has 112 valence electrons. The molecule has 0 saturated carbocycles. The summed E-state index contributed by atoms with van der Waals surface area (Å²) in [5.41, 5.74) is 2.67. The average Bonchev–Trinajstić information content (AvgIpc) is 2.44. The van der Waals surface area contributed by atoms with Crippen molar-refractivity contribution in [3.8, 4) is 0 Å². The number of thioether (sulfide) groups is 1. The summed E-state index contributed by atoms with van der Waals surface area (Å²) in [4.78, 5) is 9.26. The van der Waals surface area contributed by atoms with Crippen LogP contribution in [0.5, 0.6) is 0 Å². The summed E-state index contributed by atoms with van der Waals surface area (Å²) in [6.07, 6.45) is 5.59. The topological polar surface area (TPSA) is 37.8 Å². The minimum atomic E-state index is 0.729. The molecule has 0 saturated heterocycles. The molecule has 1 aliphatic rings. The average molecular weight is 293 g/mol. The van der Waals surface area contributed by atoms with E-state index in [9.17, 15) is 0 Å². The van der Waals surface area contributed by atoms with Crippen LogP contribution in [0.25, 0.3) is 0 Å². The van der Waals surface area contributed by atoms with Gasteiger partial charge in [-0.2, -0.15) is 11.8 Å². The molecule has 1 N–H and O–H groups in total. The number of aryl methyl sites for hydroxylation is 1. The molecule has 0 amide bonds. The second-order valence-electron chi connectivity index (χ2n) is 6.06. The quantitative estimate of drug-likeness (QED) is 0.838. The Labute approximate surface area is 127 Å². The number of hydrogen-bond acceptors (Lipinski definition) is 4. The maximum atomic E-state index is 4.74. The van der Waals surface area contributed by atoms with E-state index in [1.807, 2.05) is 11.8 Å². The number of nitrogens with zero attached hydrogens (tertiary/aromatic N) is 2. The Morgan fingerprint density at radius 2 is 2.30 bits per heavy atom. The first-order valence-electron chi connectivity index (χ1n) is 7.81. The van der Waals surface area contributed by atoms with Gasteiger partial charge in [0.2, 0.25) is 0 Å². The number of hydrogen-bond donors (Lipinski definition) is 1. The van der Waals surface area contributed by atoms with Crippen LogP contribution in [0, 0.1) is 11.8 Å². The number of aromatic nitrogens is 2. The zero-order valence-electron chi connectivity index (χ0n) is 13.0. The molecule has 0 fully saturated rings. The summed E-state index contributed by atoms with van der Waals surface area (Å²) in [5, 5.41) is 3.58. The van der Waals surface area contributed by atoms with Crippen molar-refractivity contribution in [3.05, 3.63) is 23.3 Å². The fraction of sp³-hybridized carbons (Fsp3) is 0.750. The van der Waals surface area contributed by atoms with Crippen molar-refractivity contribution in [1.82, 2.24) is 15.3 Å². The molecule has 1 atom stereocenters. The molecule has 4 heteroatoms. The van der Waals surface area contributed by atoms with Crippen molar-refractivity contribution in [2.45, 2.75) is 45.8 Å². The zero-order chi connectivity index (χ0) is 14.4. The van der Waals surface area contributed by atoms with Gasteiger partial charge in [0.15, 0.2) is 0 Å². The Hall–Kier alpha value is -0.610. The minimum Gasteiger partial charge on any atom is -0.316 e. The third kappa shape index (κ3) is 4.74. The Morgan fingerprint density at radius 3 is 3.05 bits per heavy atom. The fourth-order valence-electron chi connectivity index (χ4n) is 2.64. The molecule has 0 bridgehead atoms. The Bertz CT molecular complexity index is 420. The summed E-state index contributed by atoms with van der Waals surface area (Å²) in [6.45, 7) is 8.94. The largest absolute Gasteiger partial charge is 0.316 e. The molecule has 3 nitrogen and oxygen atoms in total. The highest BCUT2D eigenvalue weighted by Crippen LogP contribution is 2.24. The van der Waals surface area contributed by atoms with Gasteiger partial charge in [-0.1, -0.05) is 20.8 Å². The van der Waals surface area contributed by atoms with Crippen LogP contribution in [0.4, 0.5) is 0 Å². The number of fused-ring (bicyclic) bond motifs is 1. The SMILES string of the molecule is CCSCc1ncc2c(n1)CCC(CNCC(C)C)C2. The first-order valence-corrected chi connectivity index (χ1v) is 8.96. The van der Waals surface area contributed by atoms with E-state index in [4.69, 9.17) is 4.98 Å². The predicted octanol–water partition coefficient (Wildman–Crippen LogP) is 3.08. The van der Waals surface area contributed by atoms with Gasteiger partial charge >= 0.3 is 0 Å². The highest BCUT2D eigenvalue weighted by atomic mass is 32.2. The summed E-state index contributed by atoms with van der Waals surface area (Å²) in [6, 6.07) is 0. The third-order valence-corrected chi connectivity index (χ3v) is 4.59. The third-order valence-electron chi connectivity index (χ3n) is 3.72. The lowest BCUT2D eigenvalue weighted by Crippen LogP contribution is -2.30. The summed E-state index contributed by atoms with van der Waals surface area (Å²) < 4.78 is 0. The highest BCUT2D eigenvalue weighted by Gasteiger charge is 2.20. The molecule has 1 unspecified atom stereocenters. The van der Waals surface area contributed by atoms with Gasteiger partial charge in [-0.25, -0.2) is 9.97 Å². The first-order chi connectivity index (χ1) is 9.69. The summed E-state index contributed by atoms with van der Waals surface area (Å²) in [5.74, 6) is 4.56. The van der Waals surface area contributed by atoms with Gasteiger partial charge in [-0.15, -0.1) is 0 Å². The number of nitrogens with one attached hydrogen (secondary N) is 1. The normalized spacial score (nSPS) is 18.3. The van der Waals surface area contributed by atoms with Crippen molar-refractivity contribution in [2.75, 3.05) is 18.8 Å². The maximum absolute atomic E-state index is 4.74. The molecule has 1 aliphatic carbocycles. The van der Waals surface area contributed by atoms with E-state index >= 15 is 0 Å². The van der Waals surface area contributed by atoms with Gasteiger partial charge < -0.3 is 5.32 Å². The van der Waals surface area contributed by atoms with E-state index in [2.05, 4.69) is 37.3 Å². The molecule has 2 rings (SSSR count). The van der Waals surface area contributed by atoms with Crippen molar-refractivity contribution >= 4 is 11.8 Å². The van der Waals surface area contributed by atoms with Gasteiger partial charge in [0.05, 0.1) is 5.75 Å². The Kier molecular flexibility index (Phi) is 6.30. The minimum absolute atomic E-state index is 0.729. The molecule has 0 aromatic carbocycles. The Balaban J connectivity index is 1.87. The second-order valence-corrected chi connectivity index (χ2v) is 7.33. The van der Waals surface area contributed by atoms with E-state index in [0.717, 1.165) is 55.1 Å². The highest BCUT2D eigenvalue weighted by molar-refractivity contribution is 7.98. The molecule has 1 heterocycles. The smallest absolute Gasteiger partial charge is 0.138 e. The second kappa shape index (κ2) is 7.99. The first kappa shape index (κ1) is 15.8. The van der Waals surface area contributed by atoms with E-state index in [0.29, 0.717) is 0 Å². The van der Waals surface area contributed by atoms with Crippen LogP contribution in [-0.4, -0.2) is 28.8 Å². The van der Waals surface area contributed by atoms with Crippen molar-refractivity contribution in [1.29, 1.82) is 0 Å². The van der Waals surface area contributed by atoms with Gasteiger partial charge in [0.1, 0.15) is 5.82 Å². The predicted molar refractivity (Wildman–Crippen MR) is 87.1 cm³/mol. The van der Waals surface area contributed by atoms with E-state index in [-0.39, 0.29) is 0 Å². The van der Waals surface area contributed by atoms with E-state index in [1.54, 1.807) is 0 Å². The lowest BCUT2D eigenvalue weighted by molar-refractivity contribution is 0.405. The van der Waals surface area contributed by atoms with Crippen LogP contribution in [0.2, 0.25) is 0 Å². The summed E-state index contributed by atoms with van der Waals surface area (Å²) in [7, 11) is 0.